The number of nitrogens with zero attached hydrogens (tertiary/aromatic N) is 5. The molecule has 123 heavy (non-hydrogen) atoms. The van der Waals surface area contributed by atoms with Crippen molar-refractivity contribution in [3.63, 3.8) is 0 Å². The average molecular weight is 1720 g/mol. The van der Waals surface area contributed by atoms with Gasteiger partial charge in [-0.2, -0.15) is 0 Å². The summed E-state index contributed by atoms with van der Waals surface area (Å²) in [6.07, 6.45) is 1.48. The van der Waals surface area contributed by atoms with Crippen molar-refractivity contribution in [1.29, 1.82) is 0 Å². The standard InChI is InChI=1S/C87H114N16O19S/c1-12-13-28-70-86(120)100(8)46-74(109)93-68(47-122-50-104)81(115)98-76(52(4)5)87(121)103(11)71(41-55-24-18-15-19-25-55)82(116)96-66(40-57-31-35-60(106)36-32-57)84(118)99(7)45-73(108)91-65(42-58-43-89-62-27-21-20-26-61(58)62)80(114)95-64(38-56-29-33-59(105)34-30-56)79(113)94-63(37-51(2)3)78(112)97-69(77(111)90-44-72(88)107)48-123-49-75(110)92-67(39-54-22-16-14-17-23-54)85(119)101(9)53(6)83(117)102(70)10/h14-27,29-36,43,50-53,63-71,76,89,105-106H,12-13,28,37-42,44-49H2,1-11H3,(H2,88,107)(H,90,111)(H,91,108)(H,92,110)(H,93,109)(H,94,113)(H,95,114)(H,96,116)(H,97,112)(H,98,115)/t53-,63-,64-,65-,66-,67-,68-,69-,70-,71-,76-/m0/s1. The van der Waals surface area contributed by atoms with Gasteiger partial charge in [-0.25, -0.2) is 0 Å². The summed E-state index contributed by atoms with van der Waals surface area (Å²) >= 11 is 0.833. The largest absolute Gasteiger partial charge is 0.508 e. The zero-order valence-corrected chi connectivity index (χ0v) is 71.8. The van der Waals surface area contributed by atoms with Gasteiger partial charge in [-0.3, -0.25) is 76.7 Å². The zero-order chi connectivity index (χ0) is 90.3. The van der Waals surface area contributed by atoms with Crippen molar-refractivity contribution in [2.75, 3.05) is 73.0 Å². The molecule has 5 aromatic carbocycles. The first kappa shape index (κ1) is 97.2. The van der Waals surface area contributed by atoms with Crippen LogP contribution in [0.3, 0.4) is 0 Å². The molecule has 0 aliphatic carbocycles. The van der Waals surface area contributed by atoms with Crippen LogP contribution in [0.25, 0.3) is 10.9 Å². The number of unbranched alkanes of at least 4 members (excludes halogenated alkanes) is 1. The number of rotatable bonds is 22. The van der Waals surface area contributed by atoms with Crippen LogP contribution in [-0.4, -0.2) is 274 Å². The highest BCUT2D eigenvalue weighted by Gasteiger charge is 2.41. The molecule has 7 rings (SSSR count). The number of amides is 15. The maximum atomic E-state index is 15.4. The lowest BCUT2D eigenvalue weighted by Crippen LogP contribution is -2.61. The Labute approximate surface area is 718 Å². The van der Waals surface area contributed by atoms with Crippen LogP contribution in [0.1, 0.15) is 95.0 Å². The number of phenolic OH excluding ortho intramolecular Hbond substituents is 2. The first-order valence-corrected chi connectivity index (χ1v) is 41.7. The first-order chi connectivity index (χ1) is 58.5. The molecular weight excluding hydrogens is 1610 g/mol. The Morgan fingerprint density at radius 2 is 1.00 bits per heavy atom. The number of phenols is 2. The number of carbonyl (C=O) groups is 16. The lowest BCUT2D eigenvalue weighted by Gasteiger charge is -2.35. The Morgan fingerprint density at radius 3 is 1.56 bits per heavy atom. The molecule has 1 aliphatic heterocycles. The number of para-hydroxylation sites is 1. The van der Waals surface area contributed by atoms with Crippen LogP contribution in [0.5, 0.6) is 11.5 Å². The molecule has 11 atom stereocenters. The number of aromatic hydroxyl groups is 2. The van der Waals surface area contributed by atoms with E-state index >= 15 is 24.0 Å². The van der Waals surface area contributed by atoms with Crippen molar-refractivity contribution in [2.24, 2.45) is 17.6 Å². The van der Waals surface area contributed by atoms with Crippen LogP contribution in [0.4, 0.5) is 0 Å². The Bertz CT molecular complexity index is 4670. The summed E-state index contributed by atoms with van der Waals surface area (Å²) in [5, 5.41) is 45.3. The Kier molecular flexibility index (Phi) is 37.4. The van der Waals surface area contributed by atoms with Gasteiger partial charge in [0, 0.05) is 90.2 Å². The van der Waals surface area contributed by atoms with Gasteiger partial charge in [-0.05, 0) is 89.8 Å². The minimum atomic E-state index is -1.72. The molecule has 0 spiro atoms. The average Bonchev–Trinajstić information content (AvgIpc) is 1.51. The fourth-order valence-corrected chi connectivity index (χ4v) is 14.8. The fourth-order valence-electron chi connectivity index (χ4n) is 13.9. The molecule has 35 nitrogen and oxygen atoms in total. The van der Waals surface area contributed by atoms with Crippen molar-refractivity contribution >= 4 is 118 Å². The predicted octanol–water partition coefficient (Wildman–Crippen LogP) is 0.802. The number of hydrogen-bond acceptors (Lipinski definition) is 20. The topological polar surface area (TPSA) is 489 Å². The minimum absolute atomic E-state index is 0.0231. The van der Waals surface area contributed by atoms with Crippen LogP contribution in [0.15, 0.2) is 140 Å². The molecule has 1 aliphatic rings. The van der Waals surface area contributed by atoms with E-state index < -0.39 is 193 Å². The Hall–Kier alpha value is -12.9. The normalized spacial score (nSPS) is 22.4. The van der Waals surface area contributed by atoms with Gasteiger partial charge in [0.1, 0.15) is 84.6 Å². The van der Waals surface area contributed by atoms with Crippen LogP contribution >= 0.6 is 11.8 Å². The van der Waals surface area contributed by atoms with E-state index in [-0.39, 0.29) is 74.6 Å². The number of fused-ring (bicyclic) bond motifs is 1. The number of ether oxygens (including phenoxy) is 1. The first-order valence-electron chi connectivity index (χ1n) is 40.5. The summed E-state index contributed by atoms with van der Waals surface area (Å²) in [4.78, 5) is 240. The lowest BCUT2D eigenvalue weighted by molar-refractivity contribution is -0.150. The second-order valence-corrected chi connectivity index (χ2v) is 32.4. The van der Waals surface area contributed by atoms with Gasteiger partial charge in [0.05, 0.1) is 25.4 Å². The molecule has 0 unspecified atom stereocenters. The number of nitrogens with one attached hydrogen (secondary N) is 10. The lowest BCUT2D eigenvalue weighted by atomic mass is 9.98. The van der Waals surface area contributed by atoms with E-state index in [1.807, 2.05) is 6.92 Å². The highest BCUT2D eigenvalue weighted by atomic mass is 32.2. The maximum Gasteiger partial charge on any atom is 0.293 e. The third kappa shape index (κ3) is 29.5. The second kappa shape index (κ2) is 47.4. The van der Waals surface area contributed by atoms with Crippen molar-refractivity contribution in [1.82, 2.24) is 77.3 Å². The van der Waals surface area contributed by atoms with E-state index in [0.717, 1.165) is 36.3 Å². The Morgan fingerprint density at radius 1 is 0.520 bits per heavy atom. The van der Waals surface area contributed by atoms with E-state index in [2.05, 4.69) is 52.8 Å². The molecule has 1 saturated heterocycles. The smallest absolute Gasteiger partial charge is 0.293 e. The highest BCUT2D eigenvalue weighted by molar-refractivity contribution is 8.00. The van der Waals surface area contributed by atoms with E-state index in [4.69, 9.17) is 10.5 Å². The number of primary amides is 1. The van der Waals surface area contributed by atoms with Gasteiger partial charge in [0.2, 0.25) is 88.6 Å². The number of carbonyl (C=O) groups excluding carboxylic acids is 16. The molecule has 14 N–H and O–H groups in total. The van der Waals surface area contributed by atoms with E-state index in [1.165, 1.54) is 90.7 Å². The quantitative estimate of drug-likeness (QED) is 0.0418. The third-order valence-electron chi connectivity index (χ3n) is 20.9. The number of nitrogens with two attached hydrogens (primary N) is 1. The molecule has 15 amide bonds. The highest BCUT2D eigenvalue weighted by Crippen LogP contribution is 2.24. The molecule has 2 heterocycles. The fraction of sp³-hybridized carbons (Fsp3) is 0.448. The molecule has 662 valence electrons. The number of aromatic amines is 1. The zero-order valence-electron chi connectivity index (χ0n) is 71.0. The third-order valence-corrected chi connectivity index (χ3v) is 22.0. The number of aromatic nitrogens is 1. The summed E-state index contributed by atoms with van der Waals surface area (Å²) < 4.78 is 5.01. The molecule has 0 radical (unpaired) electrons. The van der Waals surface area contributed by atoms with E-state index in [9.17, 15) is 63.0 Å². The summed E-state index contributed by atoms with van der Waals surface area (Å²) in [7, 11) is 6.54. The van der Waals surface area contributed by atoms with E-state index in [1.54, 1.807) is 119 Å². The molecular formula is C87H114N16O19S. The Balaban J connectivity index is 1.31. The summed E-state index contributed by atoms with van der Waals surface area (Å²) in [6, 6.07) is 19.3. The van der Waals surface area contributed by atoms with Gasteiger partial charge in [0.25, 0.3) is 6.47 Å². The van der Waals surface area contributed by atoms with Gasteiger partial charge < -0.3 is 98.0 Å². The minimum Gasteiger partial charge on any atom is -0.508 e. The number of benzene rings is 5. The summed E-state index contributed by atoms with van der Waals surface area (Å²) in [5.74, 6) is -15.3. The van der Waals surface area contributed by atoms with Crippen LogP contribution in [0, 0.1) is 11.8 Å². The van der Waals surface area contributed by atoms with E-state index in [0.29, 0.717) is 51.6 Å². The number of H-pyrrole nitrogens is 1. The van der Waals surface area contributed by atoms with Gasteiger partial charge in [-0.1, -0.05) is 151 Å². The number of likely N-dealkylation sites (N-methyl/N-ethyl adjacent to an activating group) is 5. The molecule has 6 aromatic rings. The summed E-state index contributed by atoms with van der Waals surface area (Å²) in [5.41, 5.74) is 8.56. The molecule has 1 aromatic heterocycles. The molecule has 0 bridgehead atoms. The number of hydrogen-bond donors (Lipinski definition) is 13. The second-order valence-electron chi connectivity index (χ2n) is 31.4. The molecule has 0 saturated carbocycles. The molecule has 1 fully saturated rings. The van der Waals surface area contributed by atoms with Crippen LogP contribution < -0.4 is 53.6 Å². The molecule has 36 heteroatoms. The van der Waals surface area contributed by atoms with Crippen molar-refractivity contribution < 1.29 is 91.7 Å². The van der Waals surface area contributed by atoms with Gasteiger partial charge >= 0.3 is 0 Å². The predicted molar refractivity (Wildman–Crippen MR) is 457 cm³/mol. The monoisotopic (exact) mass is 1720 g/mol. The van der Waals surface area contributed by atoms with Crippen molar-refractivity contribution in [3.8, 4) is 11.5 Å². The van der Waals surface area contributed by atoms with Crippen LogP contribution in [-0.2, 0) is 114 Å². The summed E-state index contributed by atoms with van der Waals surface area (Å²) in [6.45, 7) is 7.00. The van der Waals surface area contributed by atoms with Gasteiger partial charge in [-0.15, -0.1) is 11.8 Å². The van der Waals surface area contributed by atoms with Crippen LogP contribution in [0.2, 0.25) is 0 Å². The SMILES string of the molecule is CCCC[C@H]1C(=O)N(C)CC(=O)N[C@@H](COC=O)C(=O)N[C@@H](C(C)C)C(=O)N(C)[C@@H](Cc2ccccc2)C(=O)N[C@@H](Cc2ccc(O)cc2)C(=O)N(C)CC(=O)N[C@@H](Cc2c[nH]c3ccccc23)C(=O)N[C@@H](Cc2ccc(O)cc2)C(=O)N[C@@H](CC(C)C)C(=O)N[C@H](C(=O)NCC(N)=O)CSCC(=O)N[C@@H](Cc2ccccc2)C(=O)N(C)[C@@H](C)C(=O)N1C. The maximum absolute atomic E-state index is 15.4. The van der Waals surface area contributed by atoms with Crippen molar-refractivity contribution in [2.45, 2.75) is 166 Å². The van der Waals surface area contributed by atoms with Crippen molar-refractivity contribution in [3.05, 3.63) is 167 Å². The van der Waals surface area contributed by atoms with Gasteiger partial charge in [0.15, 0.2) is 0 Å². The number of thioether (sulfide) groups is 1.